The van der Waals surface area contributed by atoms with E-state index in [1.807, 2.05) is 0 Å². The Hall–Kier alpha value is -2.38. The van der Waals surface area contributed by atoms with Crippen LogP contribution in [-0.2, 0) is 9.59 Å². The molecule has 2 aliphatic rings. The van der Waals surface area contributed by atoms with Gasteiger partial charge in [-0.1, -0.05) is 19.4 Å². The molecule has 1 heterocycles. The summed E-state index contributed by atoms with van der Waals surface area (Å²) in [4.78, 5) is 48.9. The number of hydrogen-bond donors (Lipinski definition) is 3. The van der Waals surface area contributed by atoms with E-state index in [-0.39, 0.29) is 12.5 Å². The van der Waals surface area contributed by atoms with Crippen LogP contribution in [0.3, 0.4) is 0 Å². The van der Waals surface area contributed by atoms with E-state index in [0.29, 0.717) is 18.8 Å². The summed E-state index contributed by atoms with van der Waals surface area (Å²) in [5.41, 5.74) is -0.881. The second-order valence-electron chi connectivity index (χ2n) is 6.30. The molecule has 1 saturated heterocycles. The molecular formula is C16H24N4O4. The predicted molar refractivity (Wildman–Crippen MR) is 87.0 cm³/mol. The van der Waals surface area contributed by atoms with Crippen molar-refractivity contribution in [3.63, 3.8) is 0 Å². The van der Waals surface area contributed by atoms with Crippen molar-refractivity contribution >= 4 is 23.9 Å². The van der Waals surface area contributed by atoms with E-state index in [1.165, 1.54) is 6.08 Å². The minimum atomic E-state index is -0.881. The average molecular weight is 336 g/mol. The van der Waals surface area contributed by atoms with Gasteiger partial charge in [0.1, 0.15) is 12.1 Å². The first kappa shape index (κ1) is 18.0. The van der Waals surface area contributed by atoms with Crippen molar-refractivity contribution in [2.45, 2.75) is 44.6 Å². The molecule has 8 nitrogen and oxygen atoms in total. The highest BCUT2D eigenvalue weighted by atomic mass is 16.2. The molecule has 1 spiro atoms. The monoisotopic (exact) mass is 336 g/mol. The lowest BCUT2D eigenvalue weighted by atomic mass is 9.75. The van der Waals surface area contributed by atoms with Crippen molar-refractivity contribution in [2.75, 3.05) is 13.1 Å². The van der Waals surface area contributed by atoms with Crippen LogP contribution in [0, 0.1) is 5.92 Å². The van der Waals surface area contributed by atoms with Gasteiger partial charge in [0.2, 0.25) is 5.91 Å². The summed E-state index contributed by atoms with van der Waals surface area (Å²) in [6.45, 7) is 5.30. The van der Waals surface area contributed by atoms with Crippen LogP contribution in [0.2, 0.25) is 0 Å². The number of nitrogens with zero attached hydrogens (tertiary/aromatic N) is 1. The fourth-order valence-corrected chi connectivity index (χ4v) is 3.26. The highest BCUT2D eigenvalue weighted by molar-refractivity contribution is 6.10. The summed E-state index contributed by atoms with van der Waals surface area (Å²) in [6.07, 6.45) is 5.48. The van der Waals surface area contributed by atoms with Crippen LogP contribution in [0.4, 0.5) is 9.59 Å². The number of rotatable bonds is 5. The van der Waals surface area contributed by atoms with Gasteiger partial charge in [0.05, 0.1) is 0 Å². The first-order chi connectivity index (χ1) is 11.4. The van der Waals surface area contributed by atoms with Crippen LogP contribution in [0.25, 0.3) is 0 Å². The van der Waals surface area contributed by atoms with Crippen molar-refractivity contribution in [2.24, 2.45) is 5.92 Å². The molecule has 0 unspecified atom stereocenters. The number of hydrogen-bond acceptors (Lipinski definition) is 4. The SMILES string of the molecule is C=CCNC(=O)NC(=O)CN1C(=O)NC2(CCC(CC)CC2)C1=O. The van der Waals surface area contributed by atoms with E-state index in [0.717, 1.165) is 24.2 Å². The van der Waals surface area contributed by atoms with E-state index in [2.05, 4.69) is 29.5 Å². The third-order valence-electron chi connectivity index (χ3n) is 4.74. The van der Waals surface area contributed by atoms with Gasteiger partial charge in [0, 0.05) is 6.54 Å². The third kappa shape index (κ3) is 3.74. The quantitative estimate of drug-likeness (QED) is 0.512. The molecule has 1 aliphatic heterocycles. The second kappa shape index (κ2) is 7.46. The molecule has 132 valence electrons. The summed E-state index contributed by atoms with van der Waals surface area (Å²) in [5, 5.41) is 7.22. The fourth-order valence-electron chi connectivity index (χ4n) is 3.26. The predicted octanol–water partition coefficient (Wildman–Crippen LogP) is 0.889. The topological polar surface area (TPSA) is 108 Å². The normalized spacial score (nSPS) is 26.2. The van der Waals surface area contributed by atoms with Gasteiger partial charge >= 0.3 is 12.1 Å². The van der Waals surface area contributed by atoms with Gasteiger partial charge in [0.15, 0.2) is 0 Å². The molecule has 2 rings (SSSR count). The number of urea groups is 2. The second-order valence-corrected chi connectivity index (χ2v) is 6.30. The fraction of sp³-hybridized carbons (Fsp3) is 0.625. The van der Waals surface area contributed by atoms with Gasteiger partial charge in [-0.15, -0.1) is 6.58 Å². The van der Waals surface area contributed by atoms with Gasteiger partial charge in [-0.3, -0.25) is 19.8 Å². The van der Waals surface area contributed by atoms with Gasteiger partial charge < -0.3 is 10.6 Å². The van der Waals surface area contributed by atoms with Crippen molar-refractivity contribution in [3.05, 3.63) is 12.7 Å². The van der Waals surface area contributed by atoms with Gasteiger partial charge in [-0.05, 0) is 31.6 Å². The minimum absolute atomic E-state index is 0.212. The molecule has 24 heavy (non-hydrogen) atoms. The molecule has 3 N–H and O–H groups in total. The van der Waals surface area contributed by atoms with Gasteiger partial charge in [0.25, 0.3) is 5.91 Å². The van der Waals surface area contributed by atoms with Crippen LogP contribution < -0.4 is 16.0 Å². The van der Waals surface area contributed by atoms with Crippen LogP contribution >= 0.6 is 0 Å². The maximum atomic E-state index is 12.6. The van der Waals surface area contributed by atoms with Crippen molar-refractivity contribution in [1.82, 2.24) is 20.9 Å². The highest BCUT2D eigenvalue weighted by Gasteiger charge is 2.52. The Bertz CT molecular complexity index is 552. The molecule has 6 amide bonds. The molecule has 0 atom stereocenters. The first-order valence-corrected chi connectivity index (χ1v) is 8.24. The number of carbonyl (C=O) groups excluding carboxylic acids is 4. The molecule has 0 radical (unpaired) electrons. The molecule has 1 saturated carbocycles. The molecule has 2 fully saturated rings. The van der Waals surface area contributed by atoms with E-state index >= 15 is 0 Å². The first-order valence-electron chi connectivity index (χ1n) is 8.24. The maximum Gasteiger partial charge on any atom is 0.325 e. The van der Waals surface area contributed by atoms with Crippen LogP contribution in [0.15, 0.2) is 12.7 Å². The summed E-state index contributed by atoms with van der Waals surface area (Å²) in [6, 6.07) is -1.26. The lowest BCUT2D eigenvalue weighted by molar-refractivity contribution is -0.135. The average Bonchev–Trinajstić information content (AvgIpc) is 2.78. The lowest BCUT2D eigenvalue weighted by Crippen LogP contribution is -2.50. The van der Waals surface area contributed by atoms with Crippen molar-refractivity contribution < 1.29 is 19.2 Å². The summed E-state index contributed by atoms with van der Waals surface area (Å²) in [7, 11) is 0. The molecule has 0 aromatic rings. The smallest absolute Gasteiger partial charge is 0.325 e. The number of imide groups is 2. The Morgan fingerprint density at radius 3 is 2.62 bits per heavy atom. The Balaban J connectivity index is 1.93. The van der Waals surface area contributed by atoms with E-state index in [4.69, 9.17) is 0 Å². The minimum Gasteiger partial charge on any atom is -0.334 e. The summed E-state index contributed by atoms with van der Waals surface area (Å²) < 4.78 is 0. The molecule has 0 aromatic carbocycles. The van der Waals surface area contributed by atoms with E-state index < -0.39 is 30.1 Å². The zero-order chi connectivity index (χ0) is 17.7. The van der Waals surface area contributed by atoms with Gasteiger partial charge in [-0.25, -0.2) is 9.59 Å². The van der Waals surface area contributed by atoms with Crippen LogP contribution in [0.1, 0.15) is 39.0 Å². The van der Waals surface area contributed by atoms with Crippen LogP contribution in [-0.4, -0.2) is 47.4 Å². The molecule has 8 heteroatoms. The zero-order valence-corrected chi connectivity index (χ0v) is 13.9. The number of nitrogens with one attached hydrogen (secondary N) is 3. The number of amides is 6. The Kier molecular flexibility index (Phi) is 5.58. The molecule has 0 bridgehead atoms. The highest BCUT2D eigenvalue weighted by Crippen LogP contribution is 2.37. The van der Waals surface area contributed by atoms with Gasteiger partial charge in [-0.2, -0.15) is 0 Å². The van der Waals surface area contributed by atoms with E-state index in [9.17, 15) is 19.2 Å². The van der Waals surface area contributed by atoms with Crippen LogP contribution in [0.5, 0.6) is 0 Å². The standard InChI is InChI=1S/C16H24N4O4/c1-3-9-17-14(23)18-12(21)10-20-13(22)16(19-15(20)24)7-5-11(4-2)6-8-16/h3,11H,1,4-10H2,2H3,(H,19,24)(H2,17,18,21,23). The largest absolute Gasteiger partial charge is 0.334 e. The Labute approximate surface area is 141 Å². The van der Waals surface area contributed by atoms with Crippen molar-refractivity contribution in [1.29, 1.82) is 0 Å². The molecule has 0 aromatic heterocycles. The number of carbonyl (C=O) groups is 4. The summed E-state index contributed by atoms with van der Waals surface area (Å²) in [5.74, 6) is -0.505. The Morgan fingerprint density at radius 2 is 2.04 bits per heavy atom. The maximum absolute atomic E-state index is 12.6. The Morgan fingerprint density at radius 1 is 1.38 bits per heavy atom. The summed E-state index contributed by atoms with van der Waals surface area (Å²) >= 11 is 0. The molecule has 1 aliphatic carbocycles. The zero-order valence-electron chi connectivity index (χ0n) is 13.9. The van der Waals surface area contributed by atoms with E-state index in [1.54, 1.807) is 0 Å². The molecular weight excluding hydrogens is 312 g/mol. The van der Waals surface area contributed by atoms with Crippen molar-refractivity contribution in [3.8, 4) is 0 Å². The lowest BCUT2D eigenvalue weighted by Gasteiger charge is -2.34. The third-order valence-corrected chi connectivity index (χ3v) is 4.74.